The minimum absolute atomic E-state index is 0.128. The molecule has 0 amide bonds. The number of H-pyrrole nitrogens is 1. The normalized spacial score (nSPS) is 21.3. The molecule has 8 heteroatoms. The lowest BCUT2D eigenvalue weighted by Crippen LogP contribution is -2.27. The molecule has 1 aliphatic carbocycles. The van der Waals surface area contributed by atoms with Crippen molar-refractivity contribution in [2.75, 3.05) is 0 Å². The van der Waals surface area contributed by atoms with E-state index in [-0.39, 0.29) is 21.5 Å². The van der Waals surface area contributed by atoms with E-state index in [1.807, 2.05) is 0 Å². The fraction of sp³-hybridized carbons (Fsp3) is 0.412. The number of alkyl halides is 4. The van der Waals surface area contributed by atoms with E-state index in [1.54, 1.807) is 30.3 Å². The van der Waals surface area contributed by atoms with Gasteiger partial charge < -0.3 is 4.98 Å². The Morgan fingerprint density at radius 1 is 1.16 bits per heavy atom. The number of rotatable bonds is 3. The van der Waals surface area contributed by atoms with Gasteiger partial charge in [-0.05, 0) is 12.8 Å². The molecule has 25 heavy (non-hydrogen) atoms. The minimum Gasteiger partial charge on any atom is -0.306 e. The Hall–Kier alpha value is -1.47. The third-order valence-electron chi connectivity index (χ3n) is 4.10. The largest absolute Gasteiger partial charge is 0.424 e. The number of aromatic nitrogens is 2. The summed E-state index contributed by atoms with van der Waals surface area (Å²) in [5.74, 6) is 0.128. The highest BCUT2D eigenvalue weighted by Gasteiger charge is 2.39. The fourth-order valence-electron chi connectivity index (χ4n) is 2.85. The molecular formula is C17H16ClF3N2OS. The zero-order valence-electron chi connectivity index (χ0n) is 13.1. The minimum atomic E-state index is -4.77. The maximum absolute atomic E-state index is 13.4. The molecule has 0 radical (unpaired) electrons. The van der Waals surface area contributed by atoms with Gasteiger partial charge in [0.1, 0.15) is 10.9 Å². The number of hydrogen-bond acceptors (Lipinski definition) is 3. The lowest BCUT2D eigenvalue weighted by molar-refractivity contribution is -0.141. The summed E-state index contributed by atoms with van der Waals surface area (Å²) in [7, 11) is 0. The van der Waals surface area contributed by atoms with Gasteiger partial charge in [-0.25, -0.2) is 4.98 Å². The number of nitrogens with one attached hydrogen (secondary N) is 1. The van der Waals surface area contributed by atoms with Gasteiger partial charge in [-0.3, -0.25) is 4.79 Å². The molecule has 1 aromatic carbocycles. The van der Waals surface area contributed by atoms with Crippen molar-refractivity contribution in [3.63, 3.8) is 0 Å². The summed E-state index contributed by atoms with van der Waals surface area (Å²) >= 11 is 7.25. The Balaban J connectivity index is 2.06. The average molecular weight is 389 g/mol. The van der Waals surface area contributed by atoms with Gasteiger partial charge in [0.15, 0.2) is 5.56 Å². The Morgan fingerprint density at radius 2 is 1.84 bits per heavy atom. The lowest BCUT2D eigenvalue weighted by atomic mass is 10.00. The van der Waals surface area contributed by atoms with Crippen molar-refractivity contribution < 1.29 is 13.2 Å². The summed E-state index contributed by atoms with van der Waals surface area (Å²) in [6.07, 6.45) is -1.42. The molecule has 0 saturated heterocycles. The third-order valence-corrected chi connectivity index (χ3v) is 6.16. The molecule has 1 aliphatic rings. The number of aromatic amines is 1. The zero-order valence-corrected chi connectivity index (χ0v) is 14.7. The Labute approximate surface area is 152 Å². The molecule has 0 spiro atoms. The van der Waals surface area contributed by atoms with Gasteiger partial charge in [-0.15, -0.1) is 23.4 Å². The van der Waals surface area contributed by atoms with Crippen molar-refractivity contribution in [2.45, 2.75) is 47.5 Å². The van der Waals surface area contributed by atoms with E-state index >= 15 is 0 Å². The average Bonchev–Trinajstić information content (AvgIpc) is 2.56. The van der Waals surface area contributed by atoms with Crippen LogP contribution < -0.4 is 5.56 Å². The van der Waals surface area contributed by atoms with Crippen molar-refractivity contribution in [1.29, 1.82) is 0 Å². The summed E-state index contributed by atoms with van der Waals surface area (Å²) in [6, 6.07) is 8.61. The molecule has 0 bridgehead atoms. The highest BCUT2D eigenvalue weighted by molar-refractivity contribution is 8.00. The molecule has 0 unspecified atom stereocenters. The van der Waals surface area contributed by atoms with E-state index in [0.29, 0.717) is 12.0 Å². The van der Waals surface area contributed by atoms with Crippen LogP contribution in [0.4, 0.5) is 13.2 Å². The first-order valence-electron chi connectivity index (χ1n) is 7.94. The fourth-order valence-corrected chi connectivity index (χ4v) is 4.61. The molecule has 0 aliphatic heterocycles. The standard InChI is InChI=1S/C17H16ClF3N2OS/c18-11-8-4-5-9-12(11)25-16-13(17(19,20)21)15(24)22-14(23-16)10-6-2-1-3-7-10/h1-3,6-7,11-12H,4-5,8-9H2,(H,22,23,24)/t11-,12+/m1/s1. The van der Waals surface area contributed by atoms with E-state index in [1.165, 1.54) is 0 Å². The van der Waals surface area contributed by atoms with Crippen LogP contribution in [0.1, 0.15) is 31.2 Å². The predicted molar refractivity (Wildman–Crippen MR) is 93.0 cm³/mol. The second-order valence-electron chi connectivity index (χ2n) is 5.92. The van der Waals surface area contributed by atoms with E-state index in [2.05, 4.69) is 9.97 Å². The van der Waals surface area contributed by atoms with Gasteiger partial charge in [0.25, 0.3) is 5.56 Å². The van der Waals surface area contributed by atoms with Crippen molar-refractivity contribution in [2.24, 2.45) is 0 Å². The van der Waals surface area contributed by atoms with Crippen LogP contribution in [0.5, 0.6) is 0 Å². The van der Waals surface area contributed by atoms with E-state index in [4.69, 9.17) is 11.6 Å². The van der Waals surface area contributed by atoms with Crippen LogP contribution in [0.2, 0.25) is 0 Å². The molecule has 1 N–H and O–H groups in total. The first-order valence-corrected chi connectivity index (χ1v) is 9.25. The second kappa shape index (κ2) is 7.41. The van der Waals surface area contributed by atoms with Crippen LogP contribution >= 0.6 is 23.4 Å². The van der Waals surface area contributed by atoms with Crippen LogP contribution in [-0.4, -0.2) is 20.6 Å². The molecule has 3 nitrogen and oxygen atoms in total. The van der Waals surface area contributed by atoms with Gasteiger partial charge in [0, 0.05) is 16.2 Å². The van der Waals surface area contributed by atoms with Crippen LogP contribution in [-0.2, 0) is 6.18 Å². The molecule has 134 valence electrons. The monoisotopic (exact) mass is 388 g/mol. The number of benzene rings is 1. The number of thioether (sulfide) groups is 1. The lowest BCUT2D eigenvalue weighted by Gasteiger charge is -2.26. The highest BCUT2D eigenvalue weighted by atomic mass is 35.5. The maximum Gasteiger partial charge on any atom is 0.424 e. The van der Waals surface area contributed by atoms with Crippen LogP contribution in [0, 0.1) is 0 Å². The van der Waals surface area contributed by atoms with Crippen molar-refractivity contribution in [3.8, 4) is 11.4 Å². The molecule has 1 heterocycles. The van der Waals surface area contributed by atoms with Gasteiger partial charge in [0.05, 0.1) is 0 Å². The molecule has 2 atom stereocenters. The van der Waals surface area contributed by atoms with Gasteiger partial charge >= 0.3 is 6.18 Å². The molecule has 1 saturated carbocycles. The van der Waals surface area contributed by atoms with Crippen LogP contribution in [0.3, 0.4) is 0 Å². The quantitative estimate of drug-likeness (QED) is 0.588. The summed E-state index contributed by atoms with van der Waals surface area (Å²) in [6.45, 7) is 0. The van der Waals surface area contributed by atoms with Gasteiger partial charge in [-0.2, -0.15) is 13.2 Å². The molecule has 2 aromatic rings. The second-order valence-corrected chi connectivity index (χ2v) is 7.70. The highest BCUT2D eigenvalue weighted by Crippen LogP contribution is 2.40. The van der Waals surface area contributed by atoms with Gasteiger partial charge in [0.2, 0.25) is 0 Å². The SMILES string of the molecule is O=c1[nH]c(-c2ccccc2)nc(S[C@H]2CCCC[C@H]2Cl)c1C(F)(F)F. The third kappa shape index (κ3) is 4.20. The topological polar surface area (TPSA) is 45.8 Å². The number of halogens is 4. The summed E-state index contributed by atoms with van der Waals surface area (Å²) in [5, 5.41) is -0.705. The smallest absolute Gasteiger partial charge is 0.306 e. The first kappa shape index (κ1) is 18.3. The maximum atomic E-state index is 13.4. The van der Waals surface area contributed by atoms with Gasteiger partial charge in [-0.1, -0.05) is 43.2 Å². The molecular weight excluding hydrogens is 373 g/mol. The Kier molecular flexibility index (Phi) is 5.43. The molecule has 3 rings (SSSR count). The van der Waals surface area contributed by atoms with E-state index in [9.17, 15) is 18.0 Å². The predicted octanol–water partition coefficient (Wildman–Crippen LogP) is 5.10. The zero-order chi connectivity index (χ0) is 18.0. The van der Waals surface area contributed by atoms with Crippen molar-refractivity contribution in [3.05, 3.63) is 46.2 Å². The Bertz CT molecular complexity index is 795. The summed E-state index contributed by atoms with van der Waals surface area (Å²) in [5.41, 5.74) is -1.86. The van der Waals surface area contributed by atoms with E-state index < -0.39 is 17.3 Å². The van der Waals surface area contributed by atoms with Crippen molar-refractivity contribution >= 4 is 23.4 Å². The summed E-state index contributed by atoms with van der Waals surface area (Å²) in [4.78, 5) is 18.5. The molecule has 1 fully saturated rings. The first-order chi connectivity index (χ1) is 11.9. The van der Waals surface area contributed by atoms with Crippen molar-refractivity contribution in [1.82, 2.24) is 9.97 Å². The Morgan fingerprint density at radius 3 is 2.48 bits per heavy atom. The number of hydrogen-bond donors (Lipinski definition) is 1. The van der Waals surface area contributed by atoms with Crippen LogP contribution in [0.25, 0.3) is 11.4 Å². The summed E-state index contributed by atoms with van der Waals surface area (Å²) < 4.78 is 40.2. The van der Waals surface area contributed by atoms with Crippen LogP contribution in [0.15, 0.2) is 40.2 Å². The molecule has 1 aromatic heterocycles. The van der Waals surface area contributed by atoms with E-state index in [0.717, 1.165) is 31.0 Å². The number of nitrogens with zero attached hydrogens (tertiary/aromatic N) is 1.